The van der Waals surface area contributed by atoms with Gasteiger partial charge in [-0.1, -0.05) is 33.8 Å². The fraction of sp³-hybridized carbons (Fsp3) is 0.733. The minimum Gasteiger partial charge on any atom is -0.478 e. The van der Waals surface area contributed by atoms with Crippen LogP contribution in [0.1, 0.15) is 33.6 Å². The average Bonchev–Trinajstić information content (AvgIpc) is 2.45. The zero-order valence-corrected chi connectivity index (χ0v) is 14.2. The molecule has 2 N–H and O–H groups in total. The van der Waals surface area contributed by atoms with Gasteiger partial charge in [0.2, 0.25) is 0 Å². The Labute approximate surface area is 145 Å². The van der Waals surface area contributed by atoms with Gasteiger partial charge in [0, 0.05) is 5.57 Å². The summed E-state index contributed by atoms with van der Waals surface area (Å²) in [4.78, 5) is 23.0. The Morgan fingerprint density at radius 1 is 1.08 bits per heavy atom. The number of hydrogen-bond acceptors (Lipinski definition) is 4. The summed E-state index contributed by atoms with van der Waals surface area (Å²) in [5.41, 5.74) is -6.05. The first-order valence-corrected chi connectivity index (χ1v) is 7.50. The number of halogens is 6. The molecule has 0 aliphatic rings. The Bertz CT molecular complexity index is 524. The molecule has 0 rings (SSSR count). The molecule has 0 spiro atoms. The quantitative estimate of drug-likeness (QED) is 0.374. The first-order chi connectivity index (χ1) is 11.5. The molecule has 26 heavy (non-hydrogen) atoms. The largest absolute Gasteiger partial charge is 0.478 e. The van der Waals surface area contributed by atoms with Gasteiger partial charge in [-0.3, -0.25) is 4.79 Å². The molecular weight excluding hydrogens is 374 g/mol. The smallest absolute Gasteiger partial charge is 0.430 e. The Morgan fingerprint density at radius 2 is 1.50 bits per heavy atom. The molecule has 2 atom stereocenters. The van der Waals surface area contributed by atoms with Crippen molar-refractivity contribution >= 4 is 11.9 Å². The molecule has 0 aliphatic heterocycles. The van der Waals surface area contributed by atoms with Crippen LogP contribution in [0.5, 0.6) is 0 Å². The molecule has 0 amide bonds. The molecular formula is C15H20F6O5. The zero-order chi connectivity index (χ0) is 21.1. The Balaban J connectivity index is 6.00. The number of aliphatic hydroxyl groups is 1. The van der Waals surface area contributed by atoms with Gasteiger partial charge in [-0.05, 0) is 12.3 Å². The summed E-state index contributed by atoms with van der Waals surface area (Å²) in [7, 11) is 0. The molecule has 0 aromatic carbocycles. The number of rotatable bonds is 8. The lowest BCUT2D eigenvalue weighted by Gasteiger charge is -2.40. The van der Waals surface area contributed by atoms with Gasteiger partial charge in [0.25, 0.3) is 5.60 Å². The van der Waals surface area contributed by atoms with Crippen molar-refractivity contribution in [2.45, 2.75) is 57.7 Å². The summed E-state index contributed by atoms with van der Waals surface area (Å²) in [6, 6.07) is 0. The number of ether oxygens (including phenoxy) is 1. The van der Waals surface area contributed by atoms with Gasteiger partial charge in [0.05, 0.1) is 5.92 Å². The number of aliphatic carboxylic acids is 1. The number of esters is 1. The molecule has 0 radical (unpaired) electrons. The predicted octanol–water partition coefficient (Wildman–Crippen LogP) is 3.47. The second-order valence-electron chi connectivity index (χ2n) is 6.04. The predicted molar refractivity (Wildman–Crippen MR) is 77.0 cm³/mol. The summed E-state index contributed by atoms with van der Waals surface area (Å²) in [5, 5.41) is 18.3. The fourth-order valence-electron chi connectivity index (χ4n) is 2.27. The summed E-state index contributed by atoms with van der Waals surface area (Å²) in [6.07, 6.45) is -15.4. The molecule has 0 aliphatic carbocycles. The van der Waals surface area contributed by atoms with Crippen LogP contribution in [-0.2, 0) is 14.3 Å². The van der Waals surface area contributed by atoms with E-state index in [9.17, 15) is 41.0 Å². The third kappa shape index (κ3) is 4.89. The van der Waals surface area contributed by atoms with Gasteiger partial charge in [0.1, 0.15) is 0 Å². The third-order valence-electron chi connectivity index (χ3n) is 3.68. The normalized spacial score (nSPS) is 15.5. The van der Waals surface area contributed by atoms with Gasteiger partial charge in [-0.2, -0.15) is 26.3 Å². The molecule has 0 heterocycles. The van der Waals surface area contributed by atoms with Crippen LogP contribution < -0.4 is 0 Å². The van der Waals surface area contributed by atoms with Crippen LogP contribution in [0.3, 0.4) is 0 Å². The van der Waals surface area contributed by atoms with E-state index in [1.807, 2.05) is 0 Å². The lowest BCUT2D eigenvalue weighted by molar-refractivity contribution is -0.395. The molecule has 0 aromatic rings. The SMILES string of the molecule is C=C(C(=O)O)C(CCC)C(=O)OC(C(C)C)C(O)(C(F)(F)F)C(F)(F)F. The van der Waals surface area contributed by atoms with Crippen molar-refractivity contribution in [2.75, 3.05) is 0 Å². The minimum absolute atomic E-state index is 0.182. The summed E-state index contributed by atoms with van der Waals surface area (Å²) < 4.78 is 82.5. The number of carboxylic acids is 1. The van der Waals surface area contributed by atoms with E-state index in [2.05, 4.69) is 11.3 Å². The lowest BCUT2D eigenvalue weighted by atomic mass is 9.86. The maximum atomic E-state index is 13.0. The van der Waals surface area contributed by atoms with Gasteiger partial charge < -0.3 is 14.9 Å². The maximum absolute atomic E-state index is 13.0. The van der Waals surface area contributed by atoms with Gasteiger partial charge >= 0.3 is 24.3 Å². The standard InChI is InChI=1S/C15H20F6O5/c1-5-6-9(8(4)11(22)23)12(24)26-10(7(2)3)13(25,14(16,17)18)15(19,20)21/h7,9-10,25H,4-6H2,1-3H3,(H,22,23). The molecule has 0 bridgehead atoms. The van der Waals surface area contributed by atoms with Crippen molar-refractivity contribution in [1.82, 2.24) is 0 Å². The van der Waals surface area contributed by atoms with E-state index < -0.39 is 53.4 Å². The molecule has 5 nitrogen and oxygen atoms in total. The number of carboxylic acid groups (broad SMARTS) is 1. The van der Waals surface area contributed by atoms with E-state index >= 15 is 0 Å². The highest BCUT2D eigenvalue weighted by atomic mass is 19.4. The molecule has 0 aromatic heterocycles. The Kier molecular flexibility index (Phi) is 7.71. The number of alkyl halides is 6. The molecule has 2 unspecified atom stereocenters. The third-order valence-corrected chi connectivity index (χ3v) is 3.68. The molecule has 11 heteroatoms. The van der Waals surface area contributed by atoms with E-state index in [4.69, 9.17) is 5.11 Å². The molecule has 0 saturated carbocycles. The van der Waals surface area contributed by atoms with E-state index in [0.717, 1.165) is 13.8 Å². The van der Waals surface area contributed by atoms with Crippen LogP contribution in [0.4, 0.5) is 26.3 Å². The van der Waals surface area contributed by atoms with E-state index in [-0.39, 0.29) is 12.8 Å². The topological polar surface area (TPSA) is 83.8 Å². The van der Waals surface area contributed by atoms with Crippen LogP contribution in [-0.4, -0.2) is 46.2 Å². The van der Waals surface area contributed by atoms with Crippen molar-refractivity contribution < 1.29 is 50.9 Å². The van der Waals surface area contributed by atoms with E-state index in [1.165, 1.54) is 6.92 Å². The fourth-order valence-corrected chi connectivity index (χ4v) is 2.27. The minimum atomic E-state index is -6.19. The summed E-state index contributed by atoms with van der Waals surface area (Å²) >= 11 is 0. The van der Waals surface area contributed by atoms with Crippen molar-refractivity contribution in [3.8, 4) is 0 Å². The second-order valence-corrected chi connectivity index (χ2v) is 6.04. The Morgan fingerprint density at radius 3 is 1.77 bits per heavy atom. The molecule has 152 valence electrons. The maximum Gasteiger partial charge on any atom is 0.430 e. The molecule has 0 saturated heterocycles. The summed E-state index contributed by atoms with van der Waals surface area (Å²) in [6.45, 7) is 6.39. The Hall–Kier alpha value is -1.78. The van der Waals surface area contributed by atoms with Crippen LogP contribution in [0.2, 0.25) is 0 Å². The van der Waals surface area contributed by atoms with Gasteiger partial charge in [0.15, 0.2) is 6.10 Å². The highest BCUT2D eigenvalue weighted by Gasteiger charge is 2.76. The van der Waals surface area contributed by atoms with Gasteiger partial charge in [-0.25, -0.2) is 4.79 Å². The van der Waals surface area contributed by atoms with Crippen LogP contribution in [0, 0.1) is 11.8 Å². The van der Waals surface area contributed by atoms with Crippen molar-refractivity contribution in [2.24, 2.45) is 11.8 Å². The van der Waals surface area contributed by atoms with Crippen LogP contribution in [0.25, 0.3) is 0 Å². The first-order valence-electron chi connectivity index (χ1n) is 7.50. The van der Waals surface area contributed by atoms with E-state index in [1.54, 1.807) is 0 Å². The lowest BCUT2D eigenvalue weighted by Crippen LogP contribution is -2.66. The number of carbonyl (C=O) groups excluding carboxylic acids is 1. The number of hydrogen-bond donors (Lipinski definition) is 2. The van der Waals surface area contributed by atoms with Crippen molar-refractivity contribution in [3.05, 3.63) is 12.2 Å². The highest BCUT2D eigenvalue weighted by Crippen LogP contribution is 2.48. The van der Waals surface area contributed by atoms with Crippen molar-refractivity contribution in [1.29, 1.82) is 0 Å². The zero-order valence-electron chi connectivity index (χ0n) is 14.2. The monoisotopic (exact) mass is 394 g/mol. The van der Waals surface area contributed by atoms with E-state index in [0.29, 0.717) is 0 Å². The average molecular weight is 394 g/mol. The molecule has 0 fully saturated rings. The second kappa shape index (κ2) is 8.28. The van der Waals surface area contributed by atoms with Crippen molar-refractivity contribution in [3.63, 3.8) is 0 Å². The van der Waals surface area contributed by atoms with Gasteiger partial charge in [-0.15, -0.1) is 0 Å². The van der Waals surface area contributed by atoms with Crippen LogP contribution >= 0.6 is 0 Å². The van der Waals surface area contributed by atoms with Crippen LogP contribution in [0.15, 0.2) is 12.2 Å². The first kappa shape index (κ1) is 24.2. The summed E-state index contributed by atoms with van der Waals surface area (Å²) in [5.74, 6) is -6.52. The number of carbonyl (C=O) groups is 2. The highest BCUT2D eigenvalue weighted by molar-refractivity contribution is 5.93.